The number of benzene rings is 2. The number of aromatic nitrogens is 2. The molecule has 0 radical (unpaired) electrons. The lowest BCUT2D eigenvalue weighted by Gasteiger charge is -2.32. The van der Waals surface area contributed by atoms with Crippen LogP contribution in [-0.4, -0.2) is 66.7 Å². The van der Waals surface area contributed by atoms with Crippen molar-refractivity contribution in [3.05, 3.63) is 71.1 Å². The Morgan fingerprint density at radius 3 is 2.69 bits per heavy atom. The third-order valence-electron chi connectivity index (χ3n) is 8.18. The summed E-state index contributed by atoms with van der Waals surface area (Å²) in [5.41, 5.74) is 2.48. The van der Waals surface area contributed by atoms with E-state index in [2.05, 4.69) is 19.8 Å². The molecule has 7 nitrogen and oxygen atoms in total. The van der Waals surface area contributed by atoms with Gasteiger partial charge >= 0.3 is 0 Å². The van der Waals surface area contributed by atoms with Gasteiger partial charge in [-0.25, -0.2) is 18.7 Å². The minimum absolute atomic E-state index is 0.0111. The molecule has 1 aromatic heterocycles. The second-order valence-corrected chi connectivity index (χ2v) is 10.6. The molecule has 0 unspecified atom stereocenters. The Kier molecular flexibility index (Phi) is 7.27. The van der Waals surface area contributed by atoms with E-state index in [9.17, 15) is 9.18 Å². The number of nitrogens with zero attached hydrogens (tertiary/aromatic N) is 4. The van der Waals surface area contributed by atoms with Crippen molar-refractivity contribution in [2.75, 3.05) is 44.9 Å². The van der Waals surface area contributed by atoms with Crippen LogP contribution in [0.1, 0.15) is 40.9 Å². The minimum Gasteiger partial charge on any atom is -0.496 e. The largest absolute Gasteiger partial charge is 0.496 e. The van der Waals surface area contributed by atoms with Gasteiger partial charge in [-0.15, -0.1) is 0 Å². The maximum Gasteiger partial charge on any atom is 0.185 e. The summed E-state index contributed by atoms with van der Waals surface area (Å²) < 4.78 is 40.8. The number of hydrogen-bond donors (Lipinski definition) is 0. The molecule has 2 bridgehead atoms. The van der Waals surface area contributed by atoms with Gasteiger partial charge in [0.2, 0.25) is 0 Å². The van der Waals surface area contributed by atoms with Crippen molar-refractivity contribution in [2.24, 2.45) is 5.92 Å². The number of piperidine rings is 1. The molecule has 39 heavy (non-hydrogen) atoms. The SMILES string of the molecule is COc1cccc(F)c1-c1nccc(C(=O)Cc2cc(F)c(CN3CCOCC3)cc2N2C[C@H]3CC[C@@H]2C3)n1. The highest BCUT2D eigenvalue weighted by Gasteiger charge is 2.39. The summed E-state index contributed by atoms with van der Waals surface area (Å²) in [6, 6.07) is 9.86. The number of anilines is 1. The van der Waals surface area contributed by atoms with Crippen LogP contribution >= 0.6 is 0 Å². The van der Waals surface area contributed by atoms with Gasteiger partial charge in [0.1, 0.15) is 23.1 Å². The highest BCUT2D eigenvalue weighted by atomic mass is 19.1. The smallest absolute Gasteiger partial charge is 0.185 e. The van der Waals surface area contributed by atoms with Crippen molar-refractivity contribution in [1.82, 2.24) is 14.9 Å². The fourth-order valence-corrected chi connectivity index (χ4v) is 6.19. The molecular weight excluding hydrogens is 502 g/mol. The number of carbonyl (C=O) groups excluding carboxylic acids is 1. The van der Waals surface area contributed by atoms with E-state index in [0.29, 0.717) is 42.8 Å². The summed E-state index contributed by atoms with van der Waals surface area (Å²) in [5, 5.41) is 0. The molecule has 3 aliphatic rings. The van der Waals surface area contributed by atoms with Crippen LogP contribution in [0, 0.1) is 17.6 Å². The minimum atomic E-state index is -0.539. The van der Waals surface area contributed by atoms with Crippen molar-refractivity contribution < 1.29 is 23.0 Å². The van der Waals surface area contributed by atoms with E-state index >= 15 is 4.39 Å². The number of ether oxygens (including phenoxy) is 2. The molecule has 0 spiro atoms. The molecule has 3 fully saturated rings. The summed E-state index contributed by atoms with van der Waals surface area (Å²) in [4.78, 5) is 26.6. The van der Waals surface area contributed by atoms with Crippen LogP contribution in [0.2, 0.25) is 0 Å². The normalized spacial score (nSPS) is 20.9. The first-order valence-corrected chi connectivity index (χ1v) is 13.6. The molecule has 0 amide bonds. The Labute approximate surface area is 226 Å². The average molecular weight is 535 g/mol. The van der Waals surface area contributed by atoms with E-state index in [4.69, 9.17) is 9.47 Å². The molecule has 3 aromatic rings. The predicted molar refractivity (Wildman–Crippen MR) is 143 cm³/mol. The quantitative estimate of drug-likeness (QED) is 0.389. The Bertz CT molecular complexity index is 1380. The van der Waals surface area contributed by atoms with Crippen LogP contribution in [-0.2, 0) is 17.7 Å². The third kappa shape index (κ3) is 5.25. The molecule has 2 aliphatic heterocycles. The number of halogens is 2. The van der Waals surface area contributed by atoms with Gasteiger partial charge in [0.15, 0.2) is 11.6 Å². The zero-order valence-electron chi connectivity index (χ0n) is 22.0. The number of ketones is 1. The fourth-order valence-electron chi connectivity index (χ4n) is 6.19. The molecule has 0 N–H and O–H groups in total. The molecule has 9 heteroatoms. The Morgan fingerprint density at radius 2 is 1.95 bits per heavy atom. The number of rotatable bonds is 8. The lowest BCUT2D eigenvalue weighted by atomic mass is 9.99. The summed E-state index contributed by atoms with van der Waals surface area (Å²) in [5.74, 6) is -0.129. The summed E-state index contributed by atoms with van der Waals surface area (Å²) in [7, 11) is 1.44. The van der Waals surface area contributed by atoms with Gasteiger partial charge in [-0.3, -0.25) is 9.69 Å². The second kappa shape index (κ2) is 11.0. The summed E-state index contributed by atoms with van der Waals surface area (Å²) in [6.07, 6.45) is 4.91. The van der Waals surface area contributed by atoms with Crippen LogP contribution < -0.4 is 9.64 Å². The molecule has 2 saturated heterocycles. The van der Waals surface area contributed by atoms with Gasteiger partial charge in [0.05, 0.1) is 25.9 Å². The van der Waals surface area contributed by atoms with E-state index in [-0.39, 0.29) is 40.9 Å². The molecule has 1 aliphatic carbocycles. The van der Waals surface area contributed by atoms with Crippen LogP contribution in [0.25, 0.3) is 11.4 Å². The second-order valence-electron chi connectivity index (χ2n) is 10.6. The first kappa shape index (κ1) is 25.8. The summed E-state index contributed by atoms with van der Waals surface area (Å²) >= 11 is 0. The van der Waals surface area contributed by atoms with Gasteiger partial charge in [0, 0.05) is 56.1 Å². The van der Waals surface area contributed by atoms with Crippen LogP contribution in [0.3, 0.4) is 0 Å². The Balaban J connectivity index is 1.31. The Morgan fingerprint density at radius 1 is 1.10 bits per heavy atom. The molecule has 204 valence electrons. The standard InChI is InChI=1S/C30H32F2N4O3/c1-38-28-4-2-3-23(31)29(28)30-33-8-7-25(34-30)27(37)16-20-14-24(32)21(18-35-9-11-39-12-10-35)15-26(20)36-17-19-5-6-22(36)13-19/h2-4,7-8,14-15,19,22H,5-6,9-13,16-18H2,1H3/t19-,22+/m0/s1. The lowest BCUT2D eigenvalue weighted by Crippen LogP contribution is -2.36. The van der Waals surface area contributed by atoms with Crippen molar-refractivity contribution in [3.63, 3.8) is 0 Å². The number of Topliss-reactive ketones (excluding diaryl/α,β-unsaturated/α-hetero) is 1. The topological polar surface area (TPSA) is 67.8 Å². The first-order chi connectivity index (χ1) is 19.0. The third-order valence-corrected chi connectivity index (χ3v) is 8.18. The van der Waals surface area contributed by atoms with Gasteiger partial charge in [0.25, 0.3) is 0 Å². The monoisotopic (exact) mass is 534 g/mol. The van der Waals surface area contributed by atoms with Gasteiger partial charge in [-0.05, 0) is 61.1 Å². The lowest BCUT2D eigenvalue weighted by molar-refractivity contribution is 0.0337. The average Bonchev–Trinajstić information content (AvgIpc) is 3.59. The maximum absolute atomic E-state index is 15.5. The highest BCUT2D eigenvalue weighted by molar-refractivity contribution is 5.97. The first-order valence-electron chi connectivity index (χ1n) is 13.6. The number of fused-ring (bicyclic) bond motifs is 2. The molecule has 6 rings (SSSR count). The van der Waals surface area contributed by atoms with E-state index in [1.807, 2.05) is 6.07 Å². The maximum atomic E-state index is 15.5. The van der Waals surface area contributed by atoms with Crippen molar-refractivity contribution in [2.45, 2.75) is 38.3 Å². The molecule has 3 heterocycles. The van der Waals surface area contributed by atoms with Gasteiger partial charge < -0.3 is 14.4 Å². The van der Waals surface area contributed by atoms with E-state index < -0.39 is 5.82 Å². The van der Waals surface area contributed by atoms with Crippen LogP contribution in [0.4, 0.5) is 14.5 Å². The zero-order chi connectivity index (χ0) is 26.9. The van der Waals surface area contributed by atoms with Crippen molar-refractivity contribution in [3.8, 4) is 17.1 Å². The Hall–Kier alpha value is -3.43. The molecule has 2 atom stereocenters. The van der Waals surface area contributed by atoms with Gasteiger partial charge in [-0.2, -0.15) is 0 Å². The predicted octanol–water partition coefficient (Wildman–Crippen LogP) is 4.68. The summed E-state index contributed by atoms with van der Waals surface area (Å²) in [6.45, 7) is 4.28. The highest BCUT2D eigenvalue weighted by Crippen LogP contribution is 2.42. The van der Waals surface area contributed by atoms with E-state index in [1.54, 1.807) is 6.07 Å². The fraction of sp³-hybridized carbons (Fsp3) is 0.433. The zero-order valence-corrected chi connectivity index (χ0v) is 22.0. The van der Waals surface area contributed by atoms with E-state index in [0.717, 1.165) is 38.2 Å². The van der Waals surface area contributed by atoms with Crippen LogP contribution in [0.5, 0.6) is 5.75 Å². The molecular formula is C30H32F2N4O3. The molecule has 2 aromatic carbocycles. The van der Waals surface area contributed by atoms with E-state index in [1.165, 1.54) is 44.0 Å². The van der Waals surface area contributed by atoms with Crippen molar-refractivity contribution in [1.29, 1.82) is 0 Å². The van der Waals surface area contributed by atoms with Gasteiger partial charge in [-0.1, -0.05) is 6.07 Å². The number of hydrogen-bond acceptors (Lipinski definition) is 7. The van der Waals surface area contributed by atoms with Crippen LogP contribution in [0.15, 0.2) is 42.6 Å². The van der Waals surface area contributed by atoms with Crippen molar-refractivity contribution >= 4 is 11.5 Å². The number of methoxy groups -OCH3 is 1. The number of carbonyl (C=O) groups is 1. The molecule has 1 saturated carbocycles. The number of morpholine rings is 1.